The summed E-state index contributed by atoms with van der Waals surface area (Å²) >= 11 is 0. The van der Waals surface area contributed by atoms with Crippen LogP contribution in [0.4, 0.5) is 13.2 Å². The van der Waals surface area contributed by atoms with Crippen LogP contribution < -0.4 is 0 Å². The predicted molar refractivity (Wildman–Crippen MR) is 65.4 cm³/mol. The van der Waals surface area contributed by atoms with Gasteiger partial charge in [-0.2, -0.15) is 18.3 Å². The van der Waals surface area contributed by atoms with Gasteiger partial charge in [-0.05, 0) is 12.1 Å². The van der Waals surface area contributed by atoms with Gasteiger partial charge in [0, 0.05) is 11.8 Å². The van der Waals surface area contributed by atoms with Crippen molar-refractivity contribution in [3.05, 3.63) is 35.7 Å². The number of nitrogens with zero attached hydrogens (tertiary/aromatic N) is 2. The lowest BCUT2D eigenvalue weighted by Crippen LogP contribution is -2.04. The van der Waals surface area contributed by atoms with Gasteiger partial charge in [-0.15, -0.1) is 0 Å². The summed E-state index contributed by atoms with van der Waals surface area (Å²) in [6, 6.07) is 4.30. The molecule has 0 bridgehead atoms. The van der Waals surface area contributed by atoms with Crippen LogP contribution in [0.2, 0.25) is 0 Å². The van der Waals surface area contributed by atoms with Crippen molar-refractivity contribution in [2.45, 2.75) is 11.9 Å². The third-order valence-electron chi connectivity index (χ3n) is 2.40. The molecule has 20 heavy (non-hydrogen) atoms. The molecule has 0 aliphatic carbocycles. The molecule has 108 valence electrons. The maximum atomic E-state index is 12.4. The molecule has 0 atom stereocenters. The SMILES string of the molecule is CS(=O)(=O)Cc1nc(-c2ccc(C(F)(F)F)cc2)n[nH]1. The fourth-order valence-corrected chi connectivity index (χ4v) is 2.17. The predicted octanol–water partition coefficient (Wildman–Crippen LogP) is 2.04. The smallest absolute Gasteiger partial charge is 0.262 e. The number of rotatable bonds is 3. The maximum absolute atomic E-state index is 12.4. The quantitative estimate of drug-likeness (QED) is 0.941. The van der Waals surface area contributed by atoms with Gasteiger partial charge in [0.05, 0.1) is 5.56 Å². The van der Waals surface area contributed by atoms with Crippen LogP contribution in [-0.4, -0.2) is 29.9 Å². The molecule has 0 spiro atoms. The van der Waals surface area contributed by atoms with E-state index in [1.54, 1.807) is 0 Å². The van der Waals surface area contributed by atoms with Crippen molar-refractivity contribution in [2.24, 2.45) is 0 Å². The van der Waals surface area contributed by atoms with Crippen molar-refractivity contribution in [1.29, 1.82) is 0 Å². The maximum Gasteiger partial charge on any atom is 0.416 e. The first kappa shape index (κ1) is 14.5. The molecular weight excluding hydrogens is 295 g/mol. The van der Waals surface area contributed by atoms with Gasteiger partial charge >= 0.3 is 6.18 Å². The van der Waals surface area contributed by atoms with Gasteiger partial charge < -0.3 is 0 Å². The summed E-state index contributed by atoms with van der Waals surface area (Å²) in [5.74, 6) is -0.0135. The summed E-state index contributed by atoms with van der Waals surface area (Å²) in [6.45, 7) is 0. The van der Waals surface area contributed by atoms with Crippen molar-refractivity contribution in [3.8, 4) is 11.4 Å². The molecule has 5 nitrogen and oxygen atoms in total. The van der Waals surface area contributed by atoms with Crippen molar-refractivity contribution < 1.29 is 21.6 Å². The van der Waals surface area contributed by atoms with Crippen LogP contribution in [0.25, 0.3) is 11.4 Å². The minimum Gasteiger partial charge on any atom is -0.262 e. The second-order valence-electron chi connectivity index (χ2n) is 4.25. The molecule has 9 heteroatoms. The van der Waals surface area contributed by atoms with Gasteiger partial charge in [-0.3, -0.25) is 5.10 Å². The van der Waals surface area contributed by atoms with Crippen LogP contribution in [-0.2, 0) is 21.8 Å². The number of benzene rings is 1. The Morgan fingerprint density at radius 3 is 2.30 bits per heavy atom. The Hall–Kier alpha value is -1.90. The highest BCUT2D eigenvalue weighted by atomic mass is 32.2. The molecule has 0 amide bonds. The van der Waals surface area contributed by atoms with Crippen molar-refractivity contribution in [1.82, 2.24) is 15.2 Å². The lowest BCUT2D eigenvalue weighted by Gasteiger charge is -2.05. The van der Waals surface area contributed by atoms with E-state index in [0.717, 1.165) is 18.4 Å². The molecule has 0 aliphatic rings. The number of alkyl halides is 3. The van der Waals surface area contributed by atoms with Gasteiger partial charge in [-0.25, -0.2) is 13.4 Å². The molecule has 1 aromatic carbocycles. The van der Waals surface area contributed by atoms with Crippen LogP contribution in [0.1, 0.15) is 11.4 Å². The average molecular weight is 305 g/mol. The average Bonchev–Trinajstić information content (AvgIpc) is 2.74. The van der Waals surface area contributed by atoms with Gasteiger partial charge in [0.2, 0.25) is 0 Å². The van der Waals surface area contributed by atoms with Crippen LogP contribution in [0.3, 0.4) is 0 Å². The topological polar surface area (TPSA) is 75.7 Å². The highest BCUT2D eigenvalue weighted by molar-refractivity contribution is 7.89. The van der Waals surface area contributed by atoms with E-state index >= 15 is 0 Å². The third kappa shape index (κ3) is 3.56. The first-order valence-corrected chi connectivity index (χ1v) is 7.48. The van der Waals surface area contributed by atoms with E-state index in [1.807, 2.05) is 0 Å². The lowest BCUT2D eigenvalue weighted by molar-refractivity contribution is -0.137. The van der Waals surface area contributed by atoms with Crippen LogP contribution >= 0.6 is 0 Å². The minimum atomic E-state index is -4.40. The summed E-state index contributed by atoms with van der Waals surface area (Å²) in [6.07, 6.45) is -3.35. The van der Waals surface area contributed by atoms with Crippen molar-refractivity contribution in [2.75, 3.05) is 6.26 Å². The molecule has 0 saturated carbocycles. The first-order valence-electron chi connectivity index (χ1n) is 5.42. The zero-order valence-corrected chi connectivity index (χ0v) is 11.1. The standard InChI is InChI=1S/C11H10F3N3O2S/c1-20(18,19)6-9-15-10(17-16-9)7-2-4-8(5-3-7)11(12,13)14/h2-5H,6H2,1H3,(H,15,16,17). The highest BCUT2D eigenvalue weighted by Gasteiger charge is 2.30. The molecular formula is C11H10F3N3O2S. The summed E-state index contributed by atoms with van der Waals surface area (Å²) in [4.78, 5) is 3.93. The Balaban J connectivity index is 2.25. The third-order valence-corrected chi connectivity index (χ3v) is 3.20. The van der Waals surface area contributed by atoms with E-state index in [2.05, 4.69) is 15.2 Å². The number of halogens is 3. The minimum absolute atomic E-state index is 0.141. The summed E-state index contributed by atoms with van der Waals surface area (Å²) in [5, 5.41) is 6.22. The summed E-state index contributed by atoms with van der Waals surface area (Å²) in [5.41, 5.74) is -0.401. The lowest BCUT2D eigenvalue weighted by atomic mass is 10.1. The van der Waals surface area contributed by atoms with E-state index in [9.17, 15) is 21.6 Å². The van der Waals surface area contributed by atoms with E-state index < -0.39 is 21.6 Å². The number of aromatic amines is 1. The molecule has 0 aliphatic heterocycles. The summed E-state index contributed by atoms with van der Waals surface area (Å²) < 4.78 is 59.4. The molecule has 2 aromatic rings. The van der Waals surface area contributed by atoms with Gasteiger partial charge in [0.25, 0.3) is 0 Å². The molecule has 1 heterocycles. The normalized spacial score (nSPS) is 12.6. The number of nitrogens with one attached hydrogen (secondary N) is 1. The molecule has 1 aromatic heterocycles. The molecule has 0 radical (unpaired) electrons. The monoisotopic (exact) mass is 305 g/mol. The van der Waals surface area contributed by atoms with Crippen LogP contribution in [0, 0.1) is 0 Å². The summed E-state index contributed by atoms with van der Waals surface area (Å²) in [7, 11) is -3.25. The Morgan fingerprint density at radius 1 is 1.20 bits per heavy atom. The molecule has 1 N–H and O–H groups in total. The van der Waals surface area contributed by atoms with Gasteiger partial charge in [-0.1, -0.05) is 12.1 Å². The zero-order valence-electron chi connectivity index (χ0n) is 10.3. The van der Waals surface area contributed by atoms with E-state index in [1.165, 1.54) is 12.1 Å². The number of H-pyrrole nitrogens is 1. The number of aromatic nitrogens is 3. The zero-order chi connectivity index (χ0) is 15.0. The fourth-order valence-electron chi connectivity index (χ4n) is 1.55. The molecule has 0 fully saturated rings. The highest BCUT2D eigenvalue weighted by Crippen LogP contribution is 2.30. The number of sulfone groups is 1. The van der Waals surface area contributed by atoms with Crippen LogP contribution in [0.5, 0.6) is 0 Å². The van der Waals surface area contributed by atoms with Crippen molar-refractivity contribution in [3.63, 3.8) is 0 Å². The Labute approximate surface area is 112 Å². The van der Waals surface area contributed by atoms with E-state index in [0.29, 0.717) is 5.56 Å². The van der Waals surface area contributed by atoms with Gasteiger partial charge in [0.1, 0.15) is 11.6 Å². The molecule has 0 unspecified atom stereocenters. The molecule has 0 saturated heterocycles. The van der Waals surface area contributed by atoms with E-state index in [4.69, 9.17) is 0 Å². The molecule has 2 rings (SSSR count). The van der Waals surface area contributed by atoms with Gasteiger partial charge in [0.15, 0.2) is 15.7 Å². The second kappa shape index (κ2) is 4.89. The largest absolute Gasteiger partial charge is 0.416 e. The van der Waals surface area contributed by atoms with E-state index in [-0.39, 0.29) is 17.4 Å². The first-order chi connectivity index (χ1) is 9.15. The number of hydrogen-bond donors (Lipinski definition) is 1. The second-order valence-corrected chi connectivity index (χ2v) is 6.39. The van der Waals surface area contributed by atoms with Crippen LogP contribution in [0.15, 0.2) is 24.3 Å². The Kier molecular flexibility index (Phi) is 3.55. The Morgan fingerprint density at radius 2 is 1.80 bits per heavy atom. The fraction of sp³-hybridized carbons (Fsp3) is 0.273. The number of hydrogen-bond acceptors (Lipinski definition) is 4. The van der Waals surface area contributed by atoms with Crippen molar-refractivity contribution >= 4 is 9.84 Å². The Bertz CT molecular complexity index is 705.